The van der Waals surface area contributed by atoms with Gasteiger partial charge in [-0.3, -0.25) is 9.59 Å². The van der Waals surface area contributed by atoms with Gasteiger partial charge in [-0.2, -0.15) is 0 Å². The average Bonchev–Trinajstić information content (AvgIpc) is 2.88. The first-order valence-corrected chi connectivity index (χ1v) is 15.2. The van der Waals surface area contributed by atoms with Crippen molar-refractivity contribution in [3.63, 3.8) is 0 Å². The third kappa shape index (κ3) is 21.0. The molecule has 0 saturated heterocycles. The minimum atomic E-state index is 0.116. The molecular formula is C29H61N5O2. The van der Waals surface area contributed by atoms with Gasteiger partial charge in [-0.05, 0) is 64.8 Å². The van der Waals surface area contributed by atoms with E-state index in [-0.39, 0.29) is 11.8 Å². The van der Waals surface area contributed by atoms with Gasteiger partial charge in [-0.1, -0.05) is 60.3 Å². The molecule has 0 heterocycles. The molecule has 0 bridgehead atoms. The van der Waals surface area contributed by atoms with Crippen molar-refractivity contribution in [3.8, 4) is 0 Å². The van der Waals surface area contributed by atoms with E-state index in [1.165, 1.54) is 51.4 Å². The van der Waals surface area contributed by atoms with E-state index < -0.39 is 0 Å². The first kappa shape index (κ1) is 34.8. The Morgan fingerprint density at radius 2 is 0.778 bits per heavy atom. The molecule has 2 N–H and O–H groups in total. The number of amides is 2. The molecule has 214 valence electrons. The molecule has 0 aromatic rings. The van der Waals surface area contributed by atoms with E-state index in [4.69, 9.17) is 0 Å². The van der Waals surface area contributed by atoms with Crippen LogP contribution in [0.4, 0.5) is 0 Å². The summed E-state index contributed by atoms with van der Waals surface area (Å²) < 4.78 is 0. The van der Waals surface area contributed by atoms with Gasteiger partial charge in [-0.15, -0.1) is 0 Å². The fourth-order valence-corrected chi connectivity index (χ4v) is 4.25. The normalized spacial score (nSPS) is 11.6. The largest absolute Gasteiger partial charge is 0.355 e. The molecule has 36 heavy (non-hydrogen) atoms. The summed E-state index contributed by atoms with van der Waals surface area (Å²) in [5, 5.41) is 6.21. The minimum Gasteiger partial charge on any atom is -0.355 e. The molecule has 0 aliphatic rings. The highest BCUT2D eigenvalue weighted by molar-refractivity contribution is 5.76. The quantitative estimate of drug-likeness (QED) is 0.179. The molecule has 0 unspecified atom stereocenters. The minimum absolute atomic E-state index is 0.116. The fourth-order valence-electron chi connectivity index (χ4n) is 4.25. The Hall–Kier alpha value is -1.18. The van der Waals surface area contributed by atoms with E-state index in [1.807, 2.05) is 0 Å². The summed E-state index contributed by atoms with van der Waals surface area (Å²) in [6.07, 6.45) is 11.7. The van der Waals surface area contributed by atoms with Crippen LogP contribution in [0.5, 0.6) is 0 Å². The number of hydrogen-bond acceptors (Lipinski definition) is 5. The van der Waals surface area contributed by atoms with Crippen molar-refractivity contribution >= 4 is 11.8 Å². The third-order valence-electron chi connectivity index (χ3n) is 6.66. The fraction of sp³-hybridized carbons (Fsp3) is 0.931. The molecule has 0 aliphatic heterocycles. The van der Waals surface area contributed by atoms with Crippen LogP contribution >= 0.6 is 0 Å². The molecule has 0 atom stereocenters. The molecule has 7 heteroatoms. The Labute approximate surface area is 224 Å². The molecular weight excluding hydrogens is 450 g/mol. The molecule has 7 nitrogen and oxygen atoms in total. The lowest BCUT2D eigenvalue weighted by Crippen LogP contribution is -2.39. The maximum absolute atomic E-state index is 12.4. The zero-order valence-electron chi connectivity index (χ0n) is 24.7. The molecule has 0 aromatic heterocycles. The van der Waals surface area contributed by atoms with Crippen LogP contribution in [0.3, 0.4) is 0 Å². The van der Waals surface area contributed by atoms with Crippen LogP contribution < -0.4 is 10.6 Å². The Kier molecular flexibility index (Phi) is 24.6. The van der Waals surface area contributed by atoms with Gasteiger partial charge in [0.05, 0.1) is 0 Å². The summed E-state index contributed by atoms with van der Waals surface area (Å²) in [7, 11) is 0. The summed E-state index contributed by atoms with van der Waals surface area (Å²) in [5.41, 5.74) is 0. The van der Waals surface area contributed by atoms with E-state index in [9.17, 15) is 9.59 Å². The molecule has 0 fully saturated rings. The summed E-state index contributed by atoms with van der Waals surface area (Å²) in [5.74, 6) is 0.233. The van der Waals surface area contributed by atoms with Crippen LogP contribution in [-0.2, 0) is 9.59 Å². The standard InChI is InChI=1S/C29H61N5O2/c1-6-11-20-33(21-12-7-2)26-17-30-28(35)15-24-32(19-10-5)25-16-29(36)31-18-27-34(22-13-8-3)23-14-9-4/h6-27H2,1-5H3,(H,30,35)(H,31,36). The van der Waals surface area contributed by atoms with Gasteiger partial charge in [0.25, 0.3) is 0 Å². The van der Waals surface area contributed by atoms with Crippen molar-refractivity contribution in [1.82, 2.24) is 25.3 Å². The Morgan fingerprint density at radius 3 is 1.08 bits per heavy atom. The first-order valence-electron chi connectivity index (χ1n) is 15.2. The Balaban J connectivity index is 4.23. The number of unbranched alkanes of at least 4 members (excludes halogenated alkanes) is 4. The molecule has 0 spiro atoms. The molecule has 0 aromatic carbocycles. The second-order valence-electron chi connectivity index (χ2n) is 10.1. The zero-order chi connectivity index (χ0) is 26.9. The smallest absolute Gasteiger partial charge is 0.221 e. The average molecular weight is 512 g/mol. The predicted octanol–water partition coefficient (Wildman–Crippen LogP) is 4.52. The lowest BCUT2D eigenvalue weighted by atomic mass is 10.2. The van der Waals surface area contributed by atoms with E-state index in [0.29, 0.717) is 25.9 Å². The van der Waals surface area contributed by atoms with Gasteiger partial charge in [0.2, 0.25) is 11.8 Å². The lowest BCUT2D eigenvalue weighted by molar-refractivity contribution is -0.121. The van der Waals surface area contributed by atoms with Crippen molar-refractivity contribution in [2.75, 3.05) is 72.0 Å². The third-order valence-corrected chi connectivity index (χ3v) is 6.66. The molecule has 0 aliphatic carbocycles. The van der Waals surface area contributed by atoms with Crippen LogP contribution in [0.1, 0.15) is 105 Å². The second-order valence-corrected chi connectivity index (χ2v) is 10.1. The van der Waals surface area contributed by atoms with Gasteiger partial charge in [0.15, 0.2) is 0 Å². The maximum Gasteiger partial charge on any atom is 0.221 e. The molecule has 2 amide bonds. The van der Waals surface area contributed by atoms with E-state index in [2.05, 4.69) is 60.0 Å². The van der Waals surface area contributed by atoms with Crippen molar-refractivity contribution < 1.29 is 9.59 Å². The highest BCUT2D eigenvalue weighted by Gasteiger charge is 2.11. The van der Waals surface area contributed by atoms with E-state index >= 15 is 0 Å². The first-order chi connectivity index (χ1) is 17.5. The van der Waals surface area contributed by atoms with E-state index in [1.54, 1.807) is 0 Å². The summed E-state index contributed by atoms with van der Waals surface area (Å²) >= 11 is 0. The Morgan fingerprint density at radius 1 is 0.444 bits per heavy atom. The van der Waals surface area contributed by atoms with Gasteiger partial charge in [0.1, 0.15) is 0 Å². The Bertz CT molecular complexity index is 460. The van der Waals surface area contributed by atoms with Crippen LogP contribution in [0.15, 0.2) is 0 Å². The van der Waals surface area contributed by atoms with Crippen LogP contribution in [0, 0.1) is 0 Å². The van der Waals surface area contributed by atoms with Crippen molar-refractivity contribution in [1.29, 1.82) is 0 Å². The summed E-state index contributed by atoms with van der Waals surface area (Å²) in [6.45, 7) is 21.2. The molecule has 0 radical (unpaired) electrons. The monoisotopic (exact) mass is 511 g/mol. The van der Waals surface area contributed by atoms with Crippen LogP contribution in [0.25, 0.3) is 0 Å². The molecule has 0 saturated carbocycles. The highest BCUT2D eigenvalue weighted by Crippen LogP contribution is 2.01. The topological polar surface area (TPSA) is 67.9 Å². The second kappa shape index (κ2) is 25.5. The predicted molar refractivity (Wildman–Crippen MR) is 154 cm³/mol. The van der Waals surface area contributed by atoms with Crippen molar-refractivity contribution in [3.05, 3.63) is 0 Å². The van der Waals surface area contributed by atoms with Gasteiger partial charge in [-0.25, -0.2) is 0 Å². The number of carbonyl (C=O) groups excluding carboxylic acids is 2. The van der Waals surface area contributed by atoms with Gasteiger partial charge < -0.3 is 25.3 Å². The van der Waals surface area contributed by atoms with Gasteiger partial charge >= 0.3 is 0 Å². The number of hydrogen-bond donors (Lipinski definition) is 2. The number of nitrogens with one attached hydrogen (secondary N) is 2. The number of rotatable bonds is 26. The summed E-state index contributed by atoms with van der Waals surface area (Å²) in [6, 6.07) is 0. The van der Waals surface area contributed by atoms with Crippen LogP contribution in [0.2, 0.25) is 0 Å². The van der Waals surface area contributed by atoms with Crippen molar-refractivity contribution in [2.45, 2.75) is 105 Å². The van der Waals surface area contributed by atoms with Gasteiger partial charge in [0, 0.05) is 52.1 Å². The SMILES string of the molecule is CCCCN(CCCC)CCNC(=O)CCN(CCC)CCC(=O)NCCN(CCCC)CCCC. The summed E-state index contributed by atoms with van der Waals surface area (Å²) in [4.78, 5) is 32.0. The lowest BCUT2D eigenvalue weighted by Gasteiger charge is -2.23. The van der Waals surface area contributed by atoms with Crippen LogP contribution in [-0.4, -0.2) is 98.5 Å². The van der Waals surface area contributed by atoms with Crippen molar-refractivity contribution in [2.24, 2.45) is 0 Å². The highest BCUT2D eigenvalue weighted by atomic mass is 16.2. The number of nitrogens with zero attached hydrogens (tertiary/aromatic N) is 3. The zero-order valence-corrected chi connectivity index (χ0v) is 24.7. The maximum atomic E-state index is 12.4. The molecule has 0 rings (SSSR count). The number of carbonyl (C=O) groups is 2. The van der Waals surface area contributed by atoms with E-state index in [0.717, 1.165) is 65.3 Å².